The Labute approximate surface area is 76.6 Å². The van der Waals surface area contributed by atoms with Crippen LogP contribution in [0.15, 0.2) is 18.3 Å². The van der Waals surface area contributed by atoms with E-state index < -0.39 is 0 Å². The van der Waals surface area contributed by atoms with Crippen LogP contribution in [0.2, 0.25) is 0 Å². The molecular formula is C9H12N2O2. The first-order chi connectivity index (χ1) is 6.11. The van der Waals surface area contributed by atoms with Gasteiger partial charge >= 0.3 is 0 Å². The van der Waals surface area contributed by atoms with Crippen molar-refractivity contribution in [2.24, 2.45) is 0 Å². The van der Waals surface area contributed by atoms with Crippen molar-refractivity contribution in [3.05, 3.63) is 24.0 Å². The summed E-state index contributed by atoms with van der Waals surface area (Å²) in [5.41, 5.74) is 0.0659. The molecule has 13 heavy (non-hydrogen) atoms. The molecule has 0 aliphatic heterocycles. The number of nitrogens with one attached hydrogen (secondary N) is 1. The van der Waals surface area contributed by atoms with E-state index in [0.717, 1.165) is 0 Å². The number of amides is 1. The molecule has 1 aromatic rings. The summed E-state index contributed by atoms with van der Waals surface area (Å²) in [4.78, 5) is 15.1. The van der Waals surface area contributed by atoms with Gasteiger partial charge in [0.25, 0.3) is 5.91 Å². The number of aromatic hydroxyl groups is 1. The molecule has 0 fully saturated rings. The first-order valence-electron chi connectivity index (χ1n) is 4.06. The van der Waals surface area contributed by atoms with Gasteiger partial charge in [-0.25, -0.2) is 4.98 Å². The zero-order valence-electron chi connectivity index (χ0n) is 7.61. The predicted octanol–water partition coefficient (Wildman–Crippen LogP) is 0.925. The van der Waals surface area contributed by atoms with Gasteiger partial charge in [0, 0.05) is 12.2 Å². The summed E-state index contributed by atoms with van der Waals surface area (Å²) < 4.78 is 0. The van der Waals surface area contributed by atoms with Crippen LogP contribution in [0.3, 0.4) is 0 Å². The van der Waals surface area contributed by atoms with Gasteiger partial charge in [0.2, 0.25) is 0 Å². The van der Waals surface area contributed by atoms with Crippen molar-refractivity contribution in [2.45, 2.75) is 19.9 Å². The fraction of sp³-hybridized carbons (Fsp3) is 0.333. The van der Waals surface area contributed by atoms with E-state index >= 15 is 0 Å². The highest BCUT2D eigenvalue weighted by atomic mass is 16.3. The molecule has 0 aliphatic rings. The Kier molecular flexibility index (Phi) is 2.84. The minimum absolute atomic E-state index is 0.0360. The van der Waals surface area contributed by atoms with E-state index in [1.807, 2.05) is 13.8 Å². The fourth-order valence-corrected chi connectivity index (χ4v) is 0.902. The van der Waals surface area contributed by atoms with Crippen molar-refractivity contribution in [1.29, 1.82) is 0 Å². The second-order valence-electron chi connectivity index (χ2n) is 3.00. The van der Waals surface area contributed by atoms with Crippen molar-refractivity contribution in [3.63, 3.8) is 0 Å². The number of aromatic nitrogens is 1. The van der Waals surface area contributed by atoms with Gasteiger partial charge in [-0.1, -0.05) is 0 Å². The lowest BCUT2D eigenvalue weighted by atomic mass is 10.3. The van der Waals surface area contributed by atoms with Crippen molar-refractivity contribution < 1.29 is 9.90 Å². The lowest BCUT2D eigenvalue weighted by Crippen LogP contribution is -2.30. The summed E-state index contributed by atoms with van der Waals surface area (Å²) in [6.07, 6.45) is 1.47. The molecule has 0 aliphatic carbocycles. The van der Waals surface area contributed by atoms with E-state index in [1.54, 1.807) is 6.07 Å². The lowest BCUT2D eigenvalue weighted by Gasteiger charge is -2.07. The van der Waals surface area contributed by atoms with Crippen LogP contribution in [0.1, 0.15) is 24.3 Å². The number of carbonyl (C=O) groups excluding carboxylic acids is 1. The van der Waals surface area contributed by atoms with E-state index in [0.29, 0.717) is 0 Å². The third kappa shape index (κ3) is 2.43. The van der Waals surface area contributed by atoms with E-state index in [2.05, 4.69) is 10.3 Å². The molecule has 4 nitrogen and oxygen atoms in total. The minimum atomic E-state index is -0.354. The molecule has 0 atom stereocenters. The predicted molar refractivity (Wildman–Crippen MR) is 48.5 cm³/mol. The average Bonchev–Trinajstić information content (AvgIpc) is 2.03. The van der Waals surface area contributed by atoms with Crippen molar-refractivity contribution in [1.82, 2.24) is 10.3 Å². The number of nitrogens with zero attached hydrogens (tertiary/aromatic N) is 1. The second-order valence-corrected chi connectivity index (χ2v) is 3.00. The van der Waals surface area contributed by atoms with Crippen LogP contribution >= 0.6 is 0 Å². The summed E-state index contributed by atoms with van der Waals surface area (Å²) in [6.45, 7) is 3.69. The quantitative estimate of drug-likeness (QED) is 0.711. The third-order valence-electron chi connectivity index (χ3n) is 1.42. The number of hydrogen-bond donors (Lipinski definition) is 2. The Morgan fingerprint density at radius 1 is 1.62 bits per heavy atom. The van der Waals surface area contributed by atoms with Gasteiger partial charge in [0.15, 0.2) is 5.69 Å². The number of carbonyl (C=O) groups is 1. The van der Waals surface area contributed by atoms with Crippen LogP contribution in [0, 0.1) is 0 Å². The number of pyridine rings is 1. The van der Waals surface area contributed by atoms with Crippen LogP contribution in [0.25, 0.3) is 0 Å². The average molecular weight is 180 g/mol. The van der Waals surface area contributed by atoms with Gasteiger partial charge in [0.1, 0.15) is 5.75 Å². The van der Waals surface area contributed by atoms with Gasteiger partial charge in [-0.15, -0.1) is 0 Å². The van der Waals surface area contributed by atoms with Crippen molar-refractivity contribution >= 4 is 5.91 Å². The molecule has 0 unspecified atom stereocenters. The Balaban J connectivity index is 2.83. The largest absolute Gasteiger partial charge is 0.505 e. The van der Waals surface area contributed by atoms with Crippen molar-refractivity contribution in [2.75, 3.05) is 0 Å². The zero-order chi connectivity index (χ0) is 9.84. The minimum Gasteiger partial charge on any atom is -0.505 e. The van der Waals surface area contributed by atoms with E-state index in [1.165, 1.54) is 12.3 Å². The molecule has 1 aromatic heterocycles. The summed E-state index contributed by atoms with van der Waals surface area (Å²) in [7, 11) is 0. The van der Waals surface area contributed by atoms with Crippen LogP contribution in [-0.4, -0.2) is 22.0 Å². The maximum absolute atomic E-state index is 11.3. The molecule has 1 amide bonds. The summed E-state index contributed by atoms with van der Waals surface area (Å²) in [5, 5.41) is 11.9. The SMILES string of the molecule is CC(C)NC(=O)c1ncccc1O. The molecule has 0 saturated carbocycles. The standard InChI is InChI=1S/C9H12N2O2/c1-6(2)11-9(13)8-7(12)4-3-5-10-8/h3-6,12H,1-2H3,(H,11,13). The highest BCUT2D eigenvalue weighted by Gasteiger charge is 2.11. The molecule has 1 rings (SSSR count). The fourth-order valence-electron chi connectivity index (χ4n) is 0.902. The van der Waals surface area contributed by atoms with Gasteiger partial charge in [0.05, 0.1) is 0 Å². The molecule has 2 N–H and O–H groups in total. The van der Waals surface area contributed by atoms with E-state index in [-0.39, 0.29) is 23.4 Å². The van der Waals surface area contributed by atoms with Gasteiger partial charge in [-0.3, -0.25) is 4.79 Å². The Morgan fingerprint density at radius 3 is 2.85 bits per heavy atom. The molecule has 0 spiro atoms. The molecule has 0 saturated heterocycles. The first kappa shape index (κ1) is 9.51. The number of rotatable bonds is 2. The van der Waals surface area contributed by atoms with Crippen LogP contribution in [-0.2, 0) is 0 Å². The summed E-state index contributed by atoms with van der Waals surface area (Å²) >= 11 is 0. The zero-order valence-corrected chi connectivity index (χ0v) is 7.61. The number of hydrogen-bond acceptors (Lipinski definition) is 3. The molecule has 0 bridgehead atoms. The second kappa shape index (κ2) is 3.89. The highest BCUT2D eigenvalue weighted by Crippen LogP contribution is 2.11. The Hall–Kier alpha value is -1.58. The Bertz CT molecular complexity index is 310. The highest BCUT2D eigenvalue weighted by molar-refractivity contribution is 5.94. The van der Waals surface area contributed by atoms with Gasteiger partial charge < -0.3 is 10.4 Å². The van der Waals surface area contributed by atoms with Gasteiger partial charge in [-0.05, 0) is 26.0 Å². The molecule has 0 radical (unpaired) electrons. The van der Waals surface area contributed by atoms with E-state index in [4.69, 9.17) is 0 Å². The maximum Gasteiger partial charge on any atom is 0.273 e. The molecule has 1 heterocycles. The van der Waals surface area contributed by atoms with Gasteiger partial charge in [-0.2, -0.15) is 0 Å². The molecule has 0 aromatic carbocycles. The monoisotopic (exact) mass is 180 g/mol. The third-order valence-corrected chi connectivity index (χ3v) is 1.42. The smallest absolute Gasteiger partial charge is 0.273 e. The molecular weight excluding hydrogens is 168 g/mol. The topological polar surface area (TPSA) is 62.2 Å². The maximum atomic E-state index is 11.3. The van der Waals surface area contributed by atoms with Crippen LogP contribution < -0.4 is 5.32 Å². The summed E-state index contributed by atoms with van der Waals surface area (Å²) in [5.74, 6) is -0.450. The lowest BCUT2D eigenvalue weighted by molar-refractivity contribution is 0.0935. The summed E-state index contributed by atoms with van der Waals surface area (Å²) in [6, 6.07) is 3.04. The van der Waals surface area contributed by atoms with Crippen LogP contribution in [0.5, 0.6) is 5.75 Å². The first-order valence-corrected chi connectivity index (χ1v) is 4.06. The molecule has 70 valence electrons. The molecule has 4 heteroatoms. The van der Waals surface area contributed by atoms with E-state index in [9.17, 15) is 9.90 Å². The normalized spacial score (nSPS) is 10.1. The van der Waals surface area contributed by atoms with Crippen molar-refractivity contribution in [3.8, 4) is 5.75 Å². The van der Waals surface area contributed by atoms with Crippen LogP contribution in [0.4, 0.5) is 0 Å². The Morgan fingerprint density at radius 2 is 2.31 bits per heavy atom.